The number of methoxy groups -OCH3 is 1. The average molecular weight is 331 g/mol. The Kier molecular flexibility index (Phi) is 6.05. The summed E-state index contributed by atoms with van der Waals surface area (Å²) in [5, 5.41) is 0. The van der Waals surface area contributed by atoms with Crippen LogP contribution in [-0.2, 0) is 20.7 Å². The van der Waals surface area contributed by atoms with Gasteiger partial charge in [-0.2, -0.15) is 0 Å². The molecule has 5 nitrogen and oxygen atoms in total. The summed E-state index contributed by atoms with van der Waals surface area (Å²) >= 11 is 1.56. The van der Waals surface area contributed by atoms with Crippen molar-refractivity contribution >= 4 is 29.4 Å². The number of nitrogens with zero attached hydrogens (tertiary/aromatic N) is 1. The molecule has 0 aliphatic rings. The van der Waals surface area contributed by atoms with Crippen molar-refractivity contribution in [1.82, 2.24) is 4.98 Å². The molecule has 0 atom stereocenters. The van der Waals surface area contributed by atoms with Crippen molar-refractivity contribution < 1.29 is 19.1 Å². The lowest BCUT2D eigenvalue weighted by atomic mass is 10.1. The highest BCUT2D eigenvalue weighted by Crippen LogP contribution is 2.12. The number of benzene rings is 1. The molecular weight excluding hydrogens is 314 g/mol. The first-order chi connectivity index (χ1) is 11.1. The van der Waals surface area contributed by atoms with Crippen LogP contribution >= 0.6 is 11.3 Å². The monoisotopic (exact) mass is 331 g/mol. The predicted octanol–water partition coefficient (Wildman–Crippen LogP) is 3.04. The van der Waals surface area contributed by atoms with Gasteiger partial charge >= 0.3 is 11.9 Å². The number of hydrogen-bond donors (Lipinski definition) is 0. The minimum Gasteiger partial charge on any atom is -0.465 e. The van der Waals surface area contributed by atoms with Gasteiger partial charge < -0.3 is 9.47 Å². The van der Waals surface area contributed by atoms with E-state index >= 15 is 0 Å². The largest absolute Gasteiger partial charge is 0.465 e. The van der Waals surface area contributed by atoms with Crippen LogP contribution in [-0.4, -0.2) is 30.6 Å². The smallest absolute Gasteiger partial charge is 0.337 e. The molecule has 0 N–H and O–H groups in total. The molecule has 0 fully saturated rings. The van der Waals surface area contributed by atoms with Gasteiger partial charge in [0.1, 0.15) is 0 Å². The highest BCUT2D eigenvalue weighted by molar-refractivity contribution is 7.09. The molecule has 0 amide bonds. The minimum atomic E-state index is -0.399. The second kappa shape index (κ2) is 8.24. The Morgan fingerprint density at radius 1 is 1.26 bits per heavy atom. The molecule has 1 aromatic heterocycles. The molecule has 0 radical (unpaired) electrons. The summed E-state index contributed by atoms with van der Waals surface area (Å²) in [6, 6.07) is 6.75. The summed E-state index contributed by atoms with van der Waals surface area (Å²) in [5.41, 5.74) is 4.03. The van der Waals surface area contributed by atoms with Gasteiger partial charge in [-0.3, -0.25) is 0 Å². The molecule has 2 rings (SSSR count). The van der Waals surface area contributed by atoms with Crippen molar-refractivity contribution in [3.8, 4) is 0 Å². The zero-order valence-electron chi connectivity index (χ0n) is 12.9. The van der Waals surface area contributed by atoms with Crippen LogP contribution in [0.3, 0.4) is 0 Å². The quantitative estimate of drug-likeness (QED) is 0.601. The number of rotatable bonds is 6. The van der Waals surface area contributed by atoms with Crippen LogP contribution in [0.25, 0.3) is 6.08 Å². The number of carbonyl (C=O) groups excluding carboxylic acids is 2. The van der Waals surface area contributed by atoms with Crippen LogP contribution < -0.4 is 0 Å². The summed E-state index contributed by atoms with van der Waals surface area (Å²) in [6.45, 7) is 2.26. The van der Waals surface area contributed by atoms with E-state index < -0.39 is 11.9 Å². The first-order valence-electron chi connectivity index (χ1n) is 7.02. The lowest BCUT2D eigenvalue weighted by Crippen LogP contribution is -2.04. The van der Waals surface area contributed by atoms with Crippen LogP contribution in [0.1, 0.15) is 26.5 Å². The van der Waals surface area contributed by atoms with Crippen molar-refractivity contribution in [2.75, 3.05) is 13.7 Å². The highest BCUT2D eigenvalue weighted by atomic mass is 32.1. The van der Waals surface area contributed by atoms with E-state index in [2.05, 4.69) is 9.72 Å². The zero-order chi connectivity index (χ0) is 16.7. The van der Waals surface area contributed by atoms with Crippen LogP contribution in [0, 0.1) is 6.92 Å². The molecule has 0 unspecified atom stereocenters. The SMILES string of the molecule is COC(=O)c1ccc(C=CC(=O)OCCc2scnc2C)cc1. The molecule has 0 saturated carbocycles. The van der Waals surface area contributed by atoms with Crippen LogP contribution in [0.5, 0.6) is 0 Å². The van der Waals surface area contributed by atoms with Gasteiger partial charge in [0.05, 0.1) is 30.5 Å². The van der Waals surface area contributed by atoms with E-state index in [0.29, 0.717) is 18.6 Å². The number of aryl methyl sites for hydroxylation is 1. The third-order valence-electron chi connectivity index (χ3n) is 3.16. The average Bonchev–Trinajstić information content (AvgIpc) is 2.98. The van der Waals surface area contributed by atoms with Crippen LogP contribution in [0.2, 0.25) is 0 Å². The first-order valence-corrected chi connectivity index (χ1v) is 7.90. The first kappa shape index (κ1) is 16.9. The predicted molar refractivity (Wildman–Crippen MR) is 88.3 cm³/mol. The Balaban J connectivity index is 1.81. The Morgan fingerprint density at radius 2 is 2.00 bits per heavy atom. The lowest BCUT2D eigenvalue weighted by molar-refractivity contribution is -0.137. The summed E-state index contributed by atoms with van der Waals surface area (Å²) in [7, 11) is 1.33. The normalized spacial score (nSPS) is 10.7. The van der Waals surface area contributed by atoms with E-state index in [1.54, 1.807) is 47.2 Å². The third kappa shape index (κ3) is 5.03. The molecule has 2 aromatic rings. The topological polar surface area (TPSA) is 65.5 Å². The van der Waals surface area contributed by atoms with E-state index in [1.165, 1.54) is 13.2 Å². The standard InChI is InChI=1S/C17H17NO4S/c1-12-15(23-11-18-12)9-10-22-16(19)8-5-13-3-6-14(7-4-13)17(20)21-2/h3-8,11H,9-10H2,1-2H3. The Bertz CT molecular complexity index is 704. The van der Waals surface area contributed by atoms with Gasteiger partial charge in [-0.05, 0) is 30.7 Å². The van der Waals surface area contributed by atoms with E-state index in [9.17, 15) is 9.59 Å². The van der Waals surface area contributed by atoms with Gasteiger partial charge in [0.25, 0.3) is 0 Å². The molecule has 6 heteroatoms. The molecule has 0 bridgehead atoms. The third-order valence-corrected chi connectivity index (χ3v) is 4.16. The number of ether oxygens (including phenoxy) is 2. The second-order valence-electron chi connectivity index (χ2n) is 4.73. The van der Waals surface area contributed by atoms with Crippen molar-refractivity contribution in [2.24, 2.45) is 0 Å². The zero-order valence-corrected chi connectivity index (χ0v) is 13.8. The van der Waals surface area contributed by atoms with Gasteiger partial charge in [0.15, 0.2) is 0 Å². The maximum Gasteiger partial charge on any atom is 0.337 e. The van der Waals surface area contributed by atoms with Crippen molar-refractivity contribution in [3.63, 3.8) is 0 Å². The summed E-state index contributed by atoms with van der Waals surface area (Å²) < 4.78 is 9.77. The van der Waals surface area contributed by atoms with Crippen molar-refractivity contribution in [2.45, 2.75) is 13.3 Å². The van der Waals surface area contributed by atoms with Crippen LogP contribution in [0.4, 0.5) is 0 Å². The van der Waals surface area contributed by atoms with Gasteiger partial charge in [0, 0.05) is 17.4 Å². The molecule has 0 spiro atoms. The molecule has 0 saturated heterocycles. The van der Waals surface area contributed by atoms with Crippen LogP contribution in [0.15, 0.2) is 35.9 Å². The van der Waals surface area contributed by atoms with E-state index in [1.807, 2.05) is 6.92 Å². The van der Waals surface area contributed by atoms with Gasteiger partial charge in [-0.15, -0.1) is 11.3 Å². The summed E-state index contributed by atoms with van der Waals surface area (Å²) in [5.74, 6) is -0.789. The minimum absolute atomic E-state index is 0.327. The summed E-state index contributed by atoms with van der Waals surface area (Å²) in [4.78, 5) is 28.2. The second-order valence-corrected chi connectivity index (χ2v) is 5.66. The number of thiazole rings is 1. The van der Waals surface area contributed by atoms with Gasteiger partial charge in [0.2, 0.25) is 0 Å². The molecule has 0 aliphatic heterocycles. The number of esters is 2. The van der Waals surface area contributed by atoms with Crippen molar-refractivity contribution in [3.05, 3.63) is 57.6 Å². The summed E-state index contributed by atoms with van der Waals surface area (Å²) in [6.07, 6.45) is 3.68. The molecular formula is C17H17NO4S. The fraction of sp³-hybridized carbons (Fsp3) is 0.235. The molecule has 120 valence electrons. The maximum atomic E-state index is 11.7. The molecule has 23 heavy (non-hydrogen) atoms. The Hall–Kier alpha value is -2.47. The number of hydrogen-bond acceptors (Lipinski definition) is 6. The Labute approximate surface area is 138 Å². The highest BCUT2D eigenvalue weighted by Gasteiger charge is 2.05. The van der Waals surface area contributed by atoms with E-state index in [0.717, 1.165) is 16.1 Å². The Morgan fingerprint density at radius 3 is 2.61 bits per heavy atom. The van der Waals surface area contributed by atoms with Gasteiger partial charge in [-0.25, -0.2) is 14.6 Å². The molecule has 0 aliphatic carbocycles. The fourth-order valence-electron chi connectivity index (χ4n) is 1.87. The lowest BCUT2D eigenvalue weighted by Gasteiger charge is -2.01. The van der Waals surface area contributed by atoms with Gasteiger partial charge in [-0.1, -0.05) is 12.1 Å². The van der Waals surface area contributed by atoms with E-state index in [4.69, 9.17) is 4.74 Å². The molecule has 1 aromatic carbocycles. The fourth-order valence-corrected chi connectivity index (χ4v) is 2.63. The molecule has 1 heterocycles. The maximum absolute atomic E-state index is 11.7. The number of carbonyl (C=O) groups is 2. The van der Waals surface area contributed by atoms with Crippen molar-refractivity contribution in [1.29, 1.82) is 0 Å². The number of aromatic nitrogens is 1. The van der Waals surface area contributed by atoms with E-state index in [-0.39, 0.29) is 0 Å².